The van der Waals surface area contributed by atoms with E-state index in [1.807, 2.05) is 4.90 Å². The number of nitrogens with zero attached hydrogens (tertiary/aromatic N) is 1. The van der Waals surface area contributed by atoms with Crippen LogP contribution in [0.15, 0.2) is 35.0 Å². The van der Waals surface area contributed by atoms with Gasteiger partial charge in [-0.25, -0.2) is 0 Å². The number of fused-ring (bicyclic) bond motifs is 1. The van der Waals surface area contributed by atoms with Crippen molar-refractivity contribution in [2.24, 2.45) is 5.92 Å². The number of ether oxygens (including phenoxy) is 1. The third-order valence-electron chi connectivity index (χ3n) is 4.30. The van der Waals surface area contributed by atoms with Crippen LogP contribution in [0.3, 0.4) is 0 Å². The molecule has 2 saturated heterocycles. The van der Waals surface area contributed by atoms with Gasteiger partial charge in [0.15, 0.2) is 10.9 Å². The van der Waals surface area contributed by atoms with Crippen LogP contribution < -0.4 is 5.32 Å². The fourth-order valence-electron chi connectivity index (χ4n) is 3.35. The fraction of sp³-hybridized carbons (Fsp3) is 0.429. The molecule has 20 heavy (non-hydrogen) atoms. The molecular weight excluding hydrogens is 276 g/mol. The summed E-state index contributed by atoms with van der Waals surface area (Å²) in [6.45, 7) is 1.54. The van der Waals surface area contributed by atoms with Crippen molar-refractivity contribution in [1.29, 1.82) is 0 Å². The van der Waals surface area contributed by atoms with E-state index in [9.17, 15) is 4.79 Å². The lowest BCUT2D eigenvalue weighted by Gasteiger charge is -2.23. The first-order valence-electron chi connectivity index (χ1n) is 6.67. The van der Waals surface area contributed by atoms with Gasteiger partial charge in [-0.3, -0.25) is 10.1 Å². The first kappa shape index (κ1) is 12.1. The molecule has 4 heterocycles. The molecule has 3 atom stereocenters. The number of carbonyl (C=O) groups is 1. The van der Waals surface area contributed by atoms with Crippen LogP contribution in [0.4, 0.5) is 0 Å². The van der Waals surface area contributed by atoms with Gasteiger partial charge in [0, 0.05) is 12.5 Å². The van der Waals surface area contributed by atoms with Gasteiger partial charge in [-0.1, -0.05) is 12.2 Å². The number of thiocarbonyl (C=S) groups is 1. The largest absolute Gasteiger partial charge is 0.459 e. The molecule has 1 amide bonds. The zero-order valence-corrected chi connectivity index (χ0v) is 11.6. The zero-order valence-electron chi connectivity index (χ0n) is 10.7. The molecule has 0 saturated carbocycles. The van der Waals surface area contributed by atoms with Gasteiger partial charge in [-0.05, 0) is 30.8 Å². The minimum atomic E-state index is -0.310. The van der Waals surface area contributed by atoms with Crippen molar-refractivity contribution in [2.45, 2.75) is 18.1 Å². The van der Waals surface area contributed by atoms with E-state index in [1.54, 1.807) is 12.1 Å². The fourth-order valence-corrected chi connectivity index (χ4v) is 3.58. The van der Waals surface area contributed by atoms with Crippen molar-refractivity contribution in [2.75, 3.05) is 13.1 Å². The Morgan fingerprint density at radius 2 is 2.45 bits per heavy atom. The Morgan fingerprint density at radius 1 is 1.55 bits per heavy atom. The number of likely N-dealkylation sites (tertiary alicyclic amines) is 1. The van der Waals surface area contributed by atoms with E-state index >= 15 is 0 Å². The number of carbonyl (C=O) groups excluding carboxylic acids is 1. The summed E-state index contributed by atoms with van der Waals surface area (Å²) in [5.74, 6) is 0.424. The lowest BCUT2D eigenvalue weighted by molar-refractivity contribution is 0.0283. The van der Waals surface area contributed by atoms with Crippen molar-refractivity contribution < 1.29 is 13.9 Å². The Labute approximate surface area is 121 Å². The molecule has 1 N–H and O–H groups in total. The Morgan fingerprint density at radius 3 is 3.15 bits per heavy atom. The van der Waals surface area contributed by atoms with Crippen LogP contribution in [0.25, 0.3) is 0 Å². The molecule has 3 unspecified atom stereocenters. The predicted octanol–water partition coefficient (Wildman–Crippen LogP) is 1.32. The second-order valence-electron chi connectivity index (χ2n) is 5.52. The lowest BCUT2D eigenvalue weighted by Crippen LogP contribution is -2.43. The predicted molar refractivity (Wildman–Crippen MR) is 75.2 cm³/mol. The first-order valence-corrected chi connectivity index (χ1v) is 7.08. The highest BCUT2D eigenvalue weighted by Gasteiger charge is 2.55. The summed E-state index contributed by atoms with van der Waals surface area (Å²) in [4.78, 5) is 13.9. The molecular formula is C14H14N2O3S. The average Bonchev–Trinajstić information content (AvgIpc) is 3.17. The standard InChI is InChI=1S/C14H14N2O3S/c17-12(11-2-1-5-18-11)15-13(20)16-7-9-6-10-3-4-14(9,8-16)19-10/h1-5,9-10H,6-8H2,(H,15,17,20). The van der Waals surface area contributed by atoms with Gasteiger partial charge in [0.05, 0.1) is 18.9 Å². The van der Waals surface area contributed by atoms with Crippen LogP contribution in [-0.4, -0.2) is 40.7 Å². The van der Waals surface area contributed by atoms with Gasteiger partial charge in [0.1, 0.15) is 5.60 Å². The highest BCUT2D eigenvalue weighted by Crippen LogP contribution is 2.47. The number of furan rings is 1. The van der Waals surface area contributed by atoms with Crippen molar-refractivity contribution in [3.05, 3.63) is 36.3 Å². The van der Waals surface area contributed by atoms with E-state index in [4.69, 9.17) is 21.4 Å². The maximum Gasteiger partial charge on any atom is 0.293 e. The molecule has 0 radical (unpaired) electrons. The van der Waals surface area contributed by atoms with Crippen LogP contribution in [0.5, 0.6) is 0 Å². The van der Waals surface area contributed by atoms with E-state index in [0.717, 1.165) is 13.0 Å². The monoisotopic (exact) mass is 290 g/mol. The van der Waals surface area contributed by atoms with Crippen LogP contribution >= 0.6 is 12.2 Å². The summed E-state index contributed by atoms with van der Waals surface area (Å²) >= 11 is 5.33. The van der Waals surface area contributed by atoms with E-state index in [0.29, 0.717) is 17.6 Å². The Kier molecular flexibility index (Phi) is 2.52. The summed E-state index contributed by atoms with van der Waals surface area (Å²) < 4.78 is 11.1. The third kappa shape index (κ3) is 1.72. The molecule has 3 aliphatic rings. The van der Waals surface area contributed by atoms with E-state index in [2.05, 4.69) is 17.5 Å². The van der Waals surface area contributed by atoms with Crippen molar-refractivity contribution in [1.82, 2.24) is 10.2 Å². The molecule has 1 aromatic rings. The lowest BCUT2D eigenvalue weighted by atomic mass is 9.86. The Hall–Kier alpha value is -1.66. The number of hydrogen-bond donors (Lipinski definition) is 1. The van der Waals surface area contributed by atoms with Gasteiger partial charge >= 0.3 is 0 Å². The third-order valence-corrected chi connectivity index (χ3v) is 4.66. The molecule has 2 bridgehead atoms. The number of nitrogens with one attached hydrogen (secondary N) is 1. The molecule has 1 aromatic heterocycles. The summed E-state index contributed by atoms with van der Waals surface area (Å²) in [5.41, 5.74) is -0.190. The molecule has 6 heteroatoms. The quantitative estimate of drug-likeness (QED) is 0.624. The van der Waals surface area contributed by atoms with Gasteiger partial charge in [0.2, 0.25) is 0 Å². The summed E-state index contributed by atoms with van der Waals surface area (Å²) in [5, 5.41) is 3.15. The van der Waals surface area contributed by atoms with Crippen molar-refractivity contribution in [3.63, 3.8) is 0 Å². The summed E-state index contributed by atoms with van der Waals surface area (Å²) in [7, 11) is 0. The average molecular weight is 290 g/mol. The van der Waals surface area contributed by atoms with Crippen molar-refractivity contribution in [3.8, 4) is 0 Å². The summed E-state index contributed by atoms with van der Waals surface area (Å²) in [6, 6.07) is 3.29. The maximum absolute atomic E-state index is 11.9. The minimum absolute atomic E-state index is 0.190. The molecule has 4 rings (SSSR count). The van der Waals surface area contributed by atoms with E-state index in [-0.39, 0.29) is 23.4 Å². The maximum atomic E-state index is 11.9. The van der Waals surface area contributed by atoms with Gasteiger partial charge < -0.3 is 14.1 Å². The van der Waals surface area contributed by atoms with Crippen LogP contribution in [0.2, 0.25) is 0 Å². The molecule has 0 aliphatic carbocycles. The molecule has 5 nitrogen and oxygen atoms in total. The van der Waals surface area contributed by atoms with Crippen LogP contribution in [0, 0.1) is 5.92 Å². The second-order valence-corrected chi connectivity index (χ2v) is 5.91. The summed E-state index contributed by atoms with van der Waals surface area (Å²) in [6.07, 6.45) is 7.07. The molecule has 2 fully saturated rings. The number of rotatable bonds is 1. The normalized spacial score (nSPS) is 33.5. The molecule has 1 spiro atoms. The van der Waals surface area contributed by atoms with Crippen LogP contribution in [-0.2, 0) is 4.74 Å². The minimum Gasteiger partial charge on any atom is -0.459 e. The van der Waals surface area contributed by atoms with Gasteiger partial charge in [-0.2, -0.15) is 0 Å². The number of hydrogen-bond acceptors (Lipinski definition) is 4. The first-order chi connectivity index (χ1) is 9.66. The molecule has 104 valence electrons. The zero-order chi connectivity index (χ0) is 13.7. The second kappa shape index (κ2) is 4.17. The molecule has 3 aliphatic heterocycles. The Balaban J connectivity index is 1.43. The molecule has 0 aromatic carbocycles. The van der Waals surface area contributed by atoms with Gasteiger partial charge in [0.25, 0.3) is 5.91 Å². The topological polar surface area (TPSA) is 54.7 Å². The Bertz CT molecular complexity index is 598. The highest BCUT2D eigenvalue weighted by molar-refractivity contribution is 7.80. The SMILES string of the molecule is O=C(NC(=S)N1CC2CC3C=CC2(C1)O3)c1ccco1. The van der Waals surface area contributed by atoms with Crippen molar-refractivity contribution >= 4 is 23.2 Å². The van der Waals surface area contributed by atoms with E-state index in [1.165, 1.54) is 6.26 Å². The van der Waals surface area contributed by atoms with Gasteiger partial charge in [-0.15, -0.1) is 0 Å². The smallest absolute Gasteiger partial charge is 0.293 e. The van der Waals surface area contributed by atoms with E-state index < -0.39 is 0 Å². The highest BCUT2D eigenvalue weighted by atomic mass is 32.1. The number of amides is 1. The van der Waals surface area contributed by atoms with Crippen LogP contribution in [0.1, 0.15) is 17.0 Å².